The maximum Gasteiger partial charge on any atom is 0.0452 e. The van der Waals surface area contributed by atoms with E-state index >= 15 is 0 Å². The number of hydrogen-bond donors (Lipinski definition) is 1. The Morgan fingerprint density at radius 3 is 2.45 bits per heavy atom. The van der Waals surface area contributed by atoms with Gasteiger partial charge in [-0.05, 0) is 70.3 Å². The van der Waals surface area contributed by atoms with Crippen LogP contribution in [-0.4, -0.2) is 31.1 Å². The molecule has 1 aliphatic heterocycles. The summed E-state index contributed by atoms with van der Waals surface area (Å²) in [5, 5.41) is 3.55. The van der Waals surface area contributed by atoms with E-state index in [4.69, 9.17) is 0 Å². The van der Waals surface area contributed by atoms with Crippen LogP contribution in [0.5, 0.6) is 0 Å². The highest BCUT2D eigenvalue weighted by Gasteiger charge is 2.26. The summed E-state index contributed by atoms with van der Waals surface area (Å²) in [4.78, 5) is 2.68. The van der Waals surface area contributed by atoms with Crippen molar-refractivity contribution in [2.45, 2.75) is 59.0 Å². The zero-order valence-corrected chi connectivity index (χ0v) is 13.8. The smallest absolute Gasteiger partial charge is 0.0452 e. The third-order valence-corrected chi connectivity index (χ3v) is 4.82. The van der Waals surface area contributed by atoms with Crippen molar-refractivity contribution >= 4 is 0 Å². The molecule has 112 valence electrons. The maximum absolute atomic E-state index is 3.55. The first-order valence-corrected chi connectivity index (χ1v) is 8.05. The van der Waals surface area contributed by atoms with Gasteiger partial charge in [-0.2, -0.15) is 0 Å². The van der Waals surface area contributed by atoms with Crippen molar-refractivity contribution < 1.29 is 0 Å². The zero-order valence-electron chi connectivity index (χ0n) is 13.8. The van der Waals surface area contributed by atoms with Crippen LogP contribution in [0.25, 0.3) is 0 Å². The SMILES string of the molecule is CCC1CCCN1CC(NC)c1c(C)cc(C)cc1C. The van der Waals surface area contributed by atoms with Crippen molar-refractivity contribution in [2.24, 2.45) is 0 Å². The van der Waals surface area contributed by atoms with Crippen LogP contribution >= 0.6 is 0 Å². The summed E-state index contributed by atoms with van der Waals surface area (Å²) < 4.78 is 0. The molecule has 1 aliphatic rings. The number of likely N-dealkylation sites (N-methyl/N-ethyl adjacent to an activating group) is 1. The van der Waals surface area contributed by atoms with E-state index in [0.29, 0.717) is 6.04 Å². The Morgan fingerprint density at radius 2 is 1.90 bits per heavy atom. The fraction of sp³-hybridized carbons (Fsp3) is 0.667. The average Bonchev–Trinajstić information content (AvgIpc) is 2.83. The molecule has 2 atom stereocenters. The second kappa shape index (κ2) is 6.73. The van der Waals surface area contributed by atoms with Crippen molar-refractivity contribution in [3.8, 4) is 0 Å². The van der Waals surface area contributed by atoms with Crippen LogP contribution < -0.4 is 5.32 Å². The molecular weight excluding hydrogens is 244 g/mol. The standard InChI is InChI=1S/C18H30N2/c1-6-16-8-7-9-20(16)12-17(19-5)18-14(3)10-13(2)11-15(18)4/h10-11,16-17,19H,6-9,12H2,1-5H3. The van der Waals surface area contributed by atoms with Crippen LogP contribution in [0.4, 0.5) is 0 Å². The monoisotopic (exact) mass is 274 g/mol. The molecule has 1 N–H and O–H groups in total. The predicted molar refractivity (Wildman–Crippen MR) is 87.3 cm³/mol. The highest BCUT2D eigenvalue weighted by molar-refractivity contribution is 5.39. The zero-order chi connectivity index (χ0) is 14.7. The molecule has 2 heteroatoms. The van der Waals surface area contributed by atoms with Crippen molar-refractivity contribution in [1.82, 2.24) is 10.2 Å². The van der Waals surface area contributed by atoms with Crippen molar-refractivity contribution in [3.63, 3.8) is 0 Å². The first-order chi connectivity index (χ1) is 9.56. The largest absolute Gasteiger partial charge is 0.312 e. The van der Waals surface area contributed by atoms with Crippen LogP contribution in [0.2, 0.25) is 0 Å². The van der Waals surface area contributed by atoms with E-state index in [0.717, 1.165) is 12.6 Å². The van der Waals surface area contributed by atoms with Crippen LogP contribution in [-0.2, 0) is 0 Å². The molecule has 0 aromatic heterocycles. The minimum Gasteiger partial charge on any atom is -0.312 e. The third kappa shape index (κ3) is 3.24. The van der Waals surface area contributed by atoms with Gasteiger partial charge in [-0.25, -0.2) is 0 Å². The topological polar surface area (TPSA) is 15.3 Å². The van der Waals surface area contributed by atoms with Gasteiger partial charge in [0.1, 0.15) is 0 Å². The van der Waals surface area contributed by atoms with Crippen LogP contribution in [0.15, 0.2) is 12.1 Å². The maximum atomic E-state index is 3.55. The number of aryl methyl sites for hydroxylation is 3. The minimum atomic E-state index is 0.447. The molecule has 0 amide bonds. The number of nitrogens with zero attached hydrogens (tertiary/aromatic N) is 1. The Labute approximate surface area is 124 Å². The van der Waals surface area contributed by atoms with Crippen LogP contribution in [0, 0.1) is 20.8 Å². The van der Waals surface area contributed by atoms with Gasteiger partial charge in [-0.3, -0.25) is 4.90 Å². The molecule has 2 rings (SSSR count). The lowest BCUT2D eigenvalue weighted by molar-refractivity contribution is 0.224. The van der Waals surface area contributed by atoms with Gasteiger partial charge in [0, 0.05) is 18.6 Å². The summed E-state index contributed by atoms with van der Waals surface area (Å²) >= 11 is 0. The molecule has 1 fully saturated rings. The van der Waals surface area contributed by atoms with Gasteiger partial charge in [0.05, 0.1) is 0 Å². The van der Waals surface area contributed by atoms with Gasteiger partial charge in [-0.1, -0.05) is 24.6 Å². The molecule has 0 saturated carbocycles. The number of hydrogen-bond acceptors (Lipinski definition) is 2. The molecule has 1 heterocycles. The summed E-state index contributed by atoms with van der Waals surface area (Å²) in [6, 6.07) is 5.86. The summed E-state index contributed by atoms with van der Waals surface area (Å²) in [5.74, 6) is 0. The predicted octanol–water partition coefficient (Wildman–Crippen LogP) is 3.75. The number of benzene rings is 1. The fourth-order valence-corrected chi connectivity index (χ4v) is 3.90. The Morgan fingerprint density at radius 1 is 1.25 bits per heavy atom. The van der Waals surface area contributed by atoms with Crippen LogP contribution in [0.1, 0.15) is 54.5 Å². The lowest BCUT2D eigenvalue weighted by Gasteiger charge is -2.30. The lowest BCUT2D eigenvalue weighted by Crippen LogP contribution is -2.37. The van der Waals surface area contributed by atoms with E-state index in [-0.39, 0.29) is 0 Å². The van der Waals surface area contributed by atoms with Crippen molar-refractivity contribution in [2.75, 3.05) is 20.1 Å². The van der Waals surface area contributed by atoms with Gasteiger partial charge in [0.25, 0.3) is 0 Å². The molecule has 0 spiro atoms. The van der Waals surface area contributed by atoms with E-state index in [1.165, 1.54) is 48.1 Å². The molecule has 1 saturated heterocycles. The molecule has 1 aromatic carbocycles. The summed E-state index contributed by atoms with van der Waals surface area (Å²) in [6.45, 7) is 11.4. The number of rotatable bonds is 5. The summed E-state index contributed by atoms with van der Waals surface area (Å²) in [6.07, 6.45) is 4.02. The van der Waals surface area contributed by atoms with Crippen molar-refractivity contribution in [3.05, 3.63) is 34.4 Å². The third-order valence-electron chi connectivity index (χ3n) is 4.82. The normalized spacial score (nSPS) is 21.4. The summed E-state index contributed by atoms with van der Waals surface area (Å²) in [7, 11) is 2.10. The number of likely N-dealkylation sites (tertiary alicyclic amines) is 1. The van der Waals surface area contributed by atoms with Crippen LogP contribution in [0.3, 0.4) is 0 Å². The highest BCUT2D eigenvalue weighted by Crippen LogP contribution is 2.27. The van der Waals surface area contributed by atoms with Gasteiger partial charge >= 0.3 is 0 Å². The molecule has 0 radical (unpaired) electrons. The van der Waals surface area contributed by atoms with Gasteiger partial charge < -0.3 is 5.32 Å². The van der Waals surface area contributed by atoms with E-state index in [2.05, 4.69) is 57.1 Å². The van der Waals surface area contributed by atoms with E-state index in [9.17, 15) is 0 Å². The van der Waals surface area contributed by atoms with Gasteiger partial charge in [0.15, 0.2) is 0 Å². The quantitative estimate of drug-likeness (QED) is 0.880. The van der Waals surface area contributed by atoms with E-state index in [1.54, 1.807) is 0 Å². The highest BCUT2D eigenvalue weighted by atomic mass is 15.2. The van der Waals surface area contributed by atoms with Crippen molar-refractivity contribution in [1.29, 1.82) is 0 Å². The average molecular weight is 274 g/mol. The molecule has 0 aliphatic carbocycles. The molecule has 20 heavy (non-hydrogen) atoms. The molecule has 1 aromatic rings. The van der Waals surface area contributed by atoms with E-state index in [1.807, 2.05) is 0 Å². The second-order valence-corrected chi connectivity index (χ2v) is 6.35. The van der Waals surface area contributed by atoms with E-state index < -0.39 is 0 Å². The van der Waals surface area contributed by atoms with Gasteiger partial charge in [0.2, 0.25) is 0 Å². The lowest BCUT2D eigenvalue weighted by atomic mass is 9.93. The Kier molecular flexibility index (Phi) is 5.22. The number of nitrogens with one attached hydrogen (secondary N) is 1. The first-order valence-electron chi connectivity index (χ1n) is 8.05. The Balaban J connectivity index is 2.20. The Bertz CT molecular complexity index is 430. The minimum absolute atomic E-state index is 0.447. The first kappa shape index (κ1) is 15.5. The summed E-state index contributed by atoms with van der Waals surface area (Å²) in [5.41, 5.74) is 5.72. The molecule has 2 unspecified atom stereocenters. The second-order valence-electron chi connectivity index (χ2n) is 6.35. The van der Waals surface area contributed by atoms with Gasteiger partial charge in [-0.15, -0.1) is 0 Å². The molecule has 2 nitrogen and oxygen atoms in total. The fourth-order valence-electron chi connectivity index (χ4n) is 3.90. The Hall–Kier alpha value is -0.860. The molecular formula is C18H30N2. The molecule has 0 bridgehead atoms.